The van der Waals surface area contributed by atoms with E-state index >= 15 is 0 Å². The highest BCUT2D eigenvalue weighted by Gasteiger charge is 2.29. The van der Waals surface area contributed by atoms with Gasteiger partial charge in [-0.2, -0.15) is 0 Å². The summed E-state index contributed by atoms with van der Waals surface area (Å²) in [4.78, 5) is 47.8. The lowest BCUT2D eigenvalue weighted by Gasteiger charge is -2.13. The lowest BCUT2D eigenvalue weighted by Crippen LogP contribution is -2.38. The van der Waals surface area contributed by atoms with Crippen LogP contribution in [0.1, 0.15) is 9.67 Å². The fraction of sp³-hybridized carbons (Fsp3) is 0.250. The van der Waals surface area contributed by atoms with Crippen LogP contribution in [0.3, 0.4) is 0 Å². The van der Waals surface area contributed by atoms with E-state index in [1.54, 1.807) is 6.07 Å². The molecule has 1 aromatic carbocycles. The van der Waals surface area contributed by atoms with E-state index < -0.39 is 24.3 Å². The van der Waals surface area contributed by atoms with Crippen molar-refractivity contribution in [1.29, 1.82) is 0 Å². The molecule has 0 bridgehead atoms. The summed E-state index contributed by atoms with van der Waals surface area (Å²) in [5, 5.41) is 2.72. The van der Waals surface area contributed by atoms with Crippen molar-refractivity contribution in [2.45, 2.75) is 0 Å². The molecule has 1 aromatic heterocycles. The SMILES string of the molecule is O=C(COC(=O)c1cc2cc(F)ccc2s1)NCCN1C(=O)CSC1=O. The molecule has 3 amide bonds. The molecule has 7 nitrogen and oxygen atoms in total. The molecule has 0 saturated carbocycles. The number of ether oxygens (including phenoxy) is 1. The molecule has 1 saturated heterocycles. The Hall–Kier alpha value is -2.46. The van der Waals surface area contributed by atoms with E-state index in [1.165, 1.54) is 18.2 Å². The Morgan fingerprint density at radius 1 is 1.27 bits per heavy atom. The van der Waals surface area contributed by atoms with Crippen LogP contribution in [0.15, 0.2) is 24.3 Å². The number of carbonyl (C=O) groups excluding carboxylic acids is 4. The second kappa shape index (κ2) is 7.83. The lowest BCUT2D eigenvalue weighted by molar-refractivity contribution is -0.126. The smallest absolute Gasteiger partial charge is 0.348 e. The fourth-order valence-corrected chi connectivity index (χ4v) is 3.96. The average molecular weight is 396 g/mol. The fourth-order valence-electron chi connectivity index (χ4n) is 2.27. The maximum atomic E-state index is 13.2. The Kier molecular flexibility index (Phi) is 5.52. The molecule has 0 spiro atoms. The van der Waals surface area contributed by atoms with Crippen LogP contribution >= 0.6 is 23.1 Å². The van der Waals surface area contributed by atoms with Crippen LogP contribution < -0.4 is 5.32 Å². The van der Waals surface area contributed by atoms with Gasteiger partial charge >= 0.3 is 5.97 Å². The topological polar surface area (TPSA) is 92.8 Å². The van der Waals surface area contributed by atoms with Gasteiger partial charge in [-0.05, 0) is 29.7 Å². The molecule has 26 heavy (non-hydrogen) atoms. The molecule has 0 aliphatic carbocycles. The maximum Gasteiger partial charge on any atom is 0.348 e. The first-order chi connectivity index (χ1) is 12.4. The first kappa shape index (κ1) is 18.3. The molecule has 1 fully saturated rings. The van der Waals surface area contributed by atoms with Crippen molar-refractivity contribution in [3.8, 4) is 0 Å². The maximum absolute atomic E-state index is 13.2. The molecule has 0 radical (unpaired) electrons. The highest BCUT2D eigenvalue weighted by atomic mass is 32.2. The number of carbonyl (C=O) groups is 4. The van der Waals surface area contributed by atoms with Crippen molar-refractivity contribution in [2.75, 3.05) is 25.4 Å². The third-order valence-corrected chi connectivity index (χ3v) is 5.47. The van der Waals surface area contributed by atoms with Crippen LogP contribution in [-0.2, 0) is 14.3 Å². The third kappa shape index (κ3) is 4.20. The van der Waals surface area contributed by atoms with Gasteiger partial charge in [0, 0.05) is 17.8 Å². The van der Waals surface area contributed by atoms with Crippen molar-refractivity contribution >= 4 is 56.2 Å². The van der Waals surface area contributed by atoms with E-state index in [0.717, 1.165) is 32.7 Å². The van der Waals surface area contributed by atoms with E-state index in [1.807, 2.05) is 0 Å². The standard InChI is InChI=1S/C16H13FN2O5S2/c17-10-1-2-11-9(5-10)6-12(26-11)15(22)24-7-13(20)18-3-4-19-14(21)8-25-16(19)23/h1-2,5-6H,3-4,7-8H2,(H,18,20). The van der Waals surface area contributed by atoms with Crippen LogP contribution in [0, 0.1) is 5.82 Å². The van der Waals surface area contributed by atoms with E-state index in [9.17, 15) is 23.6 Å². The second-order valence-electron chi connectivity index (χ2n) is 5.32. The van der Waals surface area contributed by atoms with Crippen LogP contribution in [0.2, 0.25) is 0 Å². The number of rotatable bonds is 6. The highest BCUT2D eigenvalue weighted by Crippen LogP contribution is 2.26. The summed E-state index contributed by atoms with van der Waals surface area (Å²) < 4.78 is 18.8. The molecule has 2 heterocycles. The summed E-state index contributed by atoms with van der Waals surface area (Å²) in [7, 11) is 0. The van der Waals surface area contributed by atoms with E-state index in [2.05, 4.69) is 5.32 Å². The van der Waals surface area contributed by atoms with Gasteiger partial charge in [-0.25, -0.2) is 9.18 Å². The largest absolute Gasteiger partial charge is 0.451 e. The minimum Gasteiger partial charge on any atom is -0.451 e. The van der Waals surface area contributed by atoms with Gasteiger partial charge in [0.05, 0.1) is 5.75 Å². The molecular formula is C16H13FN2O5S2. The highest BCUT2D eigenvalue weighted by molar-refractivity contribution is 8.14. The van der Waals surface area contributed by atoms with Gasteiger partial charge in [-0.1, -0.05) is 11.8 Å². The number of nitrogens with zero attached hydrogens (tertiary/aromatic N) is 1. The minimum atomic E-state index is -0.678. The number of nitrogens with one attached hydrogen (secondary N) is 1. The molecular weight excluding hydrogens is 383 g/mol. The van der Waals surface area contributed by atoms with Crippen molar-refractivity contribution < 1.29 is 28.3 Å². The summed E-state index contributed by atoms with van der Waals surface area (Å²) in [5.74, 6) is -1.80. The van der Waals surface area contributed by atoms with Gasteiger partial charge in [-0.3, -0.25) is 19.3 Å². The lowest BCUT2D eigenvalue weighted by atomic mass is 10.2. The Morgan fingerprint density at radius 3 is 2.81 bits per heavy atom. The molecule has 0 unspecified atom stereocenters. The van der Waals surface area contributed by atoms with Crippen LogP contribution in [-0.4, -0.2) is 53.4 Å². The van der Waals surface area contributed by atoms with Gasteiger partial charge in [0.1, 0.15) is 10.7 Å². The number of imide groups is 1. The zero-order valence-electron chi connectivity index (χ0n) is 13.3. The van der Waals surface area contributed by atoms with Crippen molar-refractivity contribution in [3.63, 3.8) is 0 Å². The van der Waals surface area contributed by atoms with Crippen molar-refractivity contribution in [2.24, 2.45) is 0 Å². The van der Waals surface area contributed by atoms with Crippen LogP contribution in [0.5, 0.6) is 0 Å². The monoisotopic (exact) mass is 396 g/mol. The number of thiophene rings is 1. The summed E-state index contributed by atoms with van der Waals surface area (Å²) in [6.07, 6.45) is 0. The number of hydrogen-bond donors (Lipinski definition) is 1. The van der Waals surface area contributed by atoms with E-state index in [0.29, 0.717) is 5.39 Å². The number of fused-ring (bicyclic) bond motifs is 1. The van der Waals surface area contributed by atoms with E-state index in [-0.39, 0.29) is 34.9 Å². The van der Waals surface area contributed by atoms with Crippen LogP contribution in [0.25, 0.3) is 10.1 Å². The Labute approximate surface area is 155 Å². The first-order valence-electron chi connectivity index (χ1n) is 7.54. The molecule has 1 N–H and O–H groups in total. The van der Waals surface area contributed by atoms with Crippen LogP contribution in [0.4, 0.5) is 9.18 Å². The molecule has 3 rings (SSSR count). The van der Waals surface area contributed by atoms with Crippen molar-refractivity contribution in [1.82, 2.24) is 10.2 Å². The van der Waals surface area contributed by atoms with Crippen molar-refractivity contribution in [3.05, 3.63) is 35.0 Å². The summed E-state index contributed by atoms with van der Waals surface area (Å²) in [5.41, 5.74) is 0. The summed E-state index contributed by atoms with van der Waals surface area (Å²) in [6.45, 7) is -0.332. The normalized spacial score (nSPS) is 14.1. The number of benzene rings is 1. The molecule has 136 valence electrons. The molecule has 1 aliphatic rings. The second-order valence-corrected chi connectivity index (χ2v) is 7.33. The number of halogens is 1. The average Bonchev–Trinajstić information content (AvgIpc) is 3.17. The molecule has 1 aliphatic heterocycles. The number of amides is 3. The first-order valence-corrected chi connectivity index (χ1v) is 9.34. The zero-order valence-corrected chi connectivity index (χ0v) is 15.0. The number of esters is 1. The minimum absolute atomic E-state index is 0.0756. The zero-order chi connectivity index (χ0) is 18.7. The molecule has 0 atom stereocenters. The van der Waals surface area contributed by atoms with Gasteiger partial charge in [0.15, 0.2) is 6.61 Å². The molecule has 2 aromatic rings. The van der Waals surface area contributed by atoms with Gasteiger partial charge in [-0.15, -0.1) is 11.3 Å². The number of hydrogen-bond acceptors (Lipinski definition) is 7. The summed E-state index contributed by atoms with van der Waals surface area (Å²) >= 11 is 2.06. The Balaban J connectivity index is 1.45. The van der Waals surface area contributed by atoms with Gasteiger partial charge < -0.3 is 10.1 Å². The van der Waals surface area contributed by atoms with Gasteiger partial charge in [0.2, 0.25) is 5.91 Å². The predicted octanol–water partition coefficient (Wildman–Crippen LogP) is 2.01. The molecule has 10 heteroatoms. The quantitative estimate of drug-likeness (QED) is 0.751. The Morgan fingerprint density at radius 2 is 2.08 bits per heavy atom. The van der Waals surface area contributed by atoms with E-state index in [4.69, 9.17) is 4.74 Å². The Bertz CT molecular complexity index is 882. The third-order valence-electron chi connectivity index (χ3n) is 3.51. The van der Waals surface area contributed by atoms with Gasteiger partial charge in [0.25, 0.3) is 11.1 Å². The summed E-state index contributed by atoms with van der Waals surface area (Å²) in [6, 6.07) is 5.69. The number of thioether (sulfide) groups is 1. The predicted molar refractivity (Wildman–Crippen MR) is 94.6 cm³/mol.